The van der Waals surface area contributed by atoms with E-state index in [1.165, 1.54) is 6.08 Å². The fourth-order valence-corrected chi connectivity index (χ4v) is 1.70. The first kappa shape index (κ1) is 13.1. The number of benzene rings is 1. The molecule has 0 aliphatic heterocycles. The molecule has 16 heavy (non-hydrogen) atoms. The summed E-state index contributed by atoms with van der Waals surface area (Å²) in [7, 11) is 0. The molecule has 0 aromatic heterocycles. The van der Waals surface area contributed by atoms with E-state index in [0.29, 0.717) is 16.7 Å². The highest BCUT2D eigenvalue weighted by Gasteiger charge is 2.07. The Morgan fingerprint density at radius 1 is 1.44 bits per heavy atom. The van der Waals surface area contributed by atoms with Crippen LogP contribution >= 0.6 is 23.2 Å². The molecule has 0 N–H and O–H groups in total. The van der Waals surface area contributed by atoms with Gasteiger partial charge in [0.15, 0.2) is 0 Å². The van der Waals surface area contributed by atoms with E-state index in [1.54, 1.807) is 32.0 Å². The zero-order chi connectivity index (χ0) is 12.1. The minimum atomic E-state index is -0.379. The molecule has 0 heterocycles. The molecular weight excluding hydrogens is 247 g/mol. The van der Waals surface area contributed by atoms with Gasteiger partial charge >= 0.3 is 5.97 Å². The smallest absolute Gasteiger partial charge is 0.331 e. The van der Waals surface area contributed by atoms with E-state index in [0.717, 1.165) is 11.1 Å². The second-order valence-electron chi connectivity index (χ2n) is 3.18. The van der Waals surface area contributed by atoms with Crippen LogP contribution in [0.1, 0.15) is 19.4 Å². The molecule has 0 saturated carbocycles. The van der Waals surface area contributed by atoms with Gasteiger partial charge in [-0.25, -0.2) is 4.79 Å². The van der Waals surface area contributed by atoms with Crippen LogP contribution in [0.3, 0.4) is 0 Å². The van der Waals surface area contributed by atoms with Crippen molar-refractivity contribution in [1.82, 2.24) is 0 Å². The maximum atomic E-state index is 11.2. The van der Waals surface area contributed by atoms with Crippen molar-refractivity contribution in [2.24, 2.45) is 0 Å². The number of halogens is 2. The van der Waals surface area contributed by atoms with Crippen LogP contribution in [0, 0.1) is 0 Å². The van der Waals surface area contributed by atoms with Gasteiger partial charge in [0.05, 0.1) is 16.7 Å². The predicted octanol–water partition coefficient (Wildman–Crippen LogP) is 3.96. The molecule has 0 bridgehead atoms. The molecular formula is C12H12Cl2O2. The molecule has 1 aromatic rings. The lowest BCUT2D eigenvalue weighted by atomic mass is 10.1. The van der Waals surface area contributed by atoms with E-state index in [-0.39, 0.29) is 5.97 Å². The van der Waals surface area contributed by atoms with Gasteiger partial charge in [-0.2, -0.15) is 0 Å². The monoisotopic (exact) mass is 258 g/mol. The molecule has 0 aliphatic rings. The average molecular weight is 259 g/mol. The Morgan fingerprint density at radius 3 is 2.75 bits per heavy atom. The molecule has 0 aliphatic carbocycles. The van der Waals surface area contributed by atoms with E-state index in [4.69, 9.17) is 27.9 Å². The second-order valence-corrected chi connectivity index (χ2v) is 3.97. The van der Waals surface area contributed by atoms with Crippen LogP contribution in [-0.4, -0.2) is 12.6 Å². The summed E-state index contributed by atoms with van der Waals surface area (Å²) in [5, 5.41) is 0.915. The van der Waals surface area contributed by atoms with Gasteiger partial charge in [-0.05, 0) is 31.1 Å². The van der Waals surface area contributed by atoms with E-state index in [2.05, 4.69) is 0 Å². The summed E-state index contributed by atoms with van der Waals surface area (Å²) in [5.41, 5.74) is 1.47. The summed E-state index contributed by atoms with van der Waals surface area (Å²) >= 11 is 11.9. The third-order valence-electron chi connectivity index (χ3n) is 2.00. The second kappa shape index (κ2) is 5.92. The van der Waals surface area contributed by atoms with Crippen molar-refractivity contribution in [1.29, 1.82) is 0 Å². The van der Waals surface area contributed by atoms with E-state index >= 15 is 0 Å². The van der Waals surface area contributed by atoms with Crippen LogP contribution in [0.2, 0.25) is 10.0 Å². The Morgan fingerprint density at radius 2 is 2.12 bits per heavy atom. The molecule has 0 amide bonds. The van der Waals surface area contributed by atoms with E-state index in [9.17, 15) is 4.79 Å². The Hall–Kier alpha value is -0.990. The Labute approximate surface area is 105 Å². The summed E-state index contributed by atoms with van der Waals surface area (Å²) in [6.45, 7) is 3.90. The van der Waals surface area contributed by atoms with Crippen LogP contribution in [0.5, 0.6) is 0 Å². The lowest BCUT2D eigenvalue weighted by molar-refractivity contribution is -0.137. The summed E-state index contributed by atoms with van der Waals surface area (Å²) in [6, 6.07) is 5.29. The van der Waals surface area contributed by atoms with Crippen molar-refractivity contribution in [3.8, 4) is 0 Å². The molecule has 0 fully saturated rings. The lowest BCUT2D eigenvalue weighted by Gasteiger charge is -2.05. The summed E-state index contributed by atoms with van der Waals surface area (Å²) in [6.07, 6.45) is 1.40. The standard InChI is InChI=1S/C12H12Cl2O2/c1-3-16-11(15)7-8(2)9-5-4-6-10(13)12(9)14/h4-7H,3H2,1-2H3. The maximum Gasteiger partial charge on any atom is 0.331 e. The topological polar surface area (TPSA) is 26.3 Å². The molecule has 0 spiro atoms. The average Bonchev–Trinajstić information content (AvgIpc) is 2.22. The fraction of sp³-hybridized carbons (Fsp3) is 0.250. The predicted molar refractivity (Wildman–Crippen MR) is 66.7 cm³/mol. The van der Waals surface area contributed by atoms with Gasteiger partial charge in [0, 0.05) is 6.08 Å². The number of rotatable bonds is 3. The van der Waals surface area contributed by atoms with Gasteiger partial charge < -0.3 is 4.74 Å². The molecule has 0 atom stereocenters. The molecule has 0 saturated heterocycles. The fourth-order valence-electron chi connectivity index (χ4n) is 1.25. The van der Waals surface area contributed by atoms with Crippen molar-refractivity contribution in [3.63, 3.8) is 0 Å². The van der Waals surface area contributed by atoms with Gasteiger partial charge in [0.25, 0.3) is 0 Å². The van der Waals surface area contributed by atoms with Crippen LogP contribution in [0.15, 0.2) is 24.3 Å². The van der Waals surface area contributed by atoms with Gasteiger partial charge in [-0.3, -0.25) is 0 Å². The Balaban J connectivity index is 3.00. The third kappa shape index (κ3) is 3.26. The van der Waals surface area contributed by atoms with Crippen molar-refractivity contribution < 1.29 is 9.53 Å². The SMILES string of the molecule is CCOC(=O)C=C(C)c1cccc(Cl)c1Cl. The van der Waals surface area contributed by atoms with Crippen LogP contribution in [0.25, 0.3) is 5.57 Å². The summed E-state index contributed by atoms with van der Waals surface area (Å²) in [4.78, 5) is 11.2. The van der Waals surface area contributed by atoms with E-state index < -0.39 is 0 Å². The number of carbonyl (C=O) groups is 1. The number of allylic oxidation sites excluding steroid dienone is 1. The molecule has 0 unspecified atom stereocenters. The minimum Gasteiger partial charge on any atom is -0.463 e. The lowest BCUT2D eigenvalue weighted by Crippen LogP contribution is -2.00. The Bertz CT molecular complexity index is 425. The summed E-state index contributed by atoms with van der Waals surface area (Å²) < 4.78 is 4.81. The van der Waals surface area contributed by atoms with Gasteiger partial charge in [-0.15, -0.1) is 0 Å². The molecule has 1 aromatic carbocycles. The van der Waals surface area contributed by atoms with Crippen molar-refractivity contribution in [3.05, 3.63) is 39.9 Å². The van der Waals surface area contributed by atoms with E-state index in [1.807, 2.05) is 0 Å². The van der Waals surface area contributed by atoms with Gasteiger partial charge in [-0.1, -0.05) is 35.3 Å². The first-order valence-electron chi connectivity index (χ1n) is 4.85. The quantitative estimate of drug-likeness (QED) is 0.606. The zero-order valence-corrected chi connectivity index (χ0v) is 10.6. The van der Waals surface area contributed by atoms with Crippen LogP contribution in [-0.2, 0) is 9.53 Å². The van der Waals surface area contributed by atoms with Crippen molar-refractivity contribution in [2.45, 2.75) is 13.8 Å². The van der Waals surface area contributed by atoms with Crippen molar-refractivity contribution >= 4 is 34.7 Å². The normalized spacial score (nSPS) is 11.4. The molecule has 86 valence electrons. The number of carbonyl (C=O) groups excluding carboxylic acids is 1. The molecule has 0 radical (unpaired) electrons. The number of hydrogen-bond donors (Lipinski definition) is 0. The number of hydrogen-bond acceptors (Lipinski definition) is 2. The Kier molecular flexibility index (Phi) is 4.84. The van der Waals surface area contributed by atoms with Crippen LogP contribution < -0.4 is 0 Å². The minimum absolute atomic E-state index is 0.353. The highest BCUT2D eigenvalue weighted by Crippen LogP contribution is 2.30. The highest BCUT2D eigenvalue weighted by molar-refractivity contribution is 6.43. The summed E-state index contributed by atoms with van der Waals surface area (Å²) in [5.74, 6) is -0.379. The van der Waals surface area contributed by atoms with Crippen LogP contribution in [0.4, 0.5) is 0 Å². The molecule has 4 heteroatoms. The molecule has 1 rings (SSSR count). The van der Waals surface area contributed by atoms with Crippen molar-refractivity contribution in [2.75, 3.05) is 6.61 Å². The maximum absolute atomic E-state index is 11.2. The third-order valence-corrected chi connectivity index (χ3v) is 2.82. The highest BCUT2D eigenvalue weighted by atomic mass is 35.5. The van der Waals surface area contributed by atoms with Gasteiger partial charge in [0.1, 0.15) is 0 Å². The first-order chi connectivity index (χ1) is 7.56. The molecule has 2 nitrogen and oxygen atoms in total. The zero-order valence-electron chi connectivity index (χ0n) is 9.09. The van der Waals surface area contributed by atoms with Gasteiger partial charge in [0.2, 0.25) is 0 Å². The number of ether oxygens (including phenoxy) is 1. The first-order valence-corrected chi connectivity index (χ1v) is 5.61. The number of esters is 1. The largest absolute Gasteiger partial charge is 0.463 e.